The van der Waals surface area contributed by atoms with Gasteiger partial charge in [0.05, 0.1) is 4.90 Å². The fourth-order valence-electron chi connectivity index (χ4n) is 3.50. The molecule has 29 heavy (non-hydrogen) atoms. The van der Waals surface area contributed by atoms with Crippen molar-refractivity contribution in [2.24, 2.45) is 0 Å². The van der Waals surface area contributed by atoms with Gasteiger partial charge in [-0.05, 0) is 61.7 Å². The third-order valence-electron chi connectivity index (χ3n) is 4.80. The Bertz CT molecular complexity index is 931. The lowest BCUT2D eigenvalue weighted by atomic mass is 9.98. The number of hydrogen-bond acceptors (Lipinski definition) is 4. The maximum atomic E-state index is 12.5. The third-order valence-corrected chi connectivity index (χ3v) is 6.17. The molecule has 9 heteroatoms. The molecule has 0 radical (unpaired) electrons. The minimum atomic E-state index is -4.89. The van der Waals surface area contributed by atoms with Crippen LogP contribution in [0.15, 0.2) is 53.4 Å². The average Bonchev–Trinajstić information content (AvgIpc) is 3.10. The Morgan fingerprint density at radius 3 is 2.55 bits per heavy atom. The number of nitrogens with zero attached hydrogens (tertiary/aromatic N) is 1. The molecule has 158 valence electrons. The topological polar surface area (TPSA) is 58.6 Å². The molecule has 1 fully saturated rings. The second-order valence-corrected chi connectivity index (χ2v) is 8.72. The van der Waals surface area contributed by atoms with E-state index in [-0.39, 0.29) is 4.90 Å². The van der Waals surface area contributed by atoms with Gasteiger partial charge < -0.3 is 9.64 Å². The number of rotatable bonds is 7. The molecule has 5 nitrogen and oxygen atoms in total. The van der Waals surface area contributed by atoms with E-state index in [4.69, 9.17) is 0 Å². The first-order valence-electron chi connectivity index (χ1n) is 9.37. The van der Waals surface area contributed by atoms with Gasteiger partial charge in [0, 0.05) is 18.3 Å². The summed E-state index contributed by atoms with van der Waals surface area (Å²) in [5, 5.41) is 0. The van der Waals surface area contributed by atoms with E-state index >= 15 is 0 Å². The molecule has 1 heterocycles. The van der Waals surface area contributed by atoms with Crippen LogP contribution in [0.5, 0.6) is 5.75 Å². The van der Waals surface area contributed by atoms with Crippen LogP contribution in [0, 0.1) is 0 Å². The second kappa shape index (κ2) is 8.62. The molecule has 0 amide bonds. The van der Waals surface area contributed by atoms with E-state index in [1.807, 2.05) is 12.1 Å². The summed E-state index contributed by atoms with van der Waals surface area (Å²) in [5.74, 6) is -0.169. The van der Waals surface area contributed by atoms with Gasteiger partial charge in [0.2, 0.25) is 0 Å². The van der Waals surface area contributed by atoms with E-state index in [1.165, 1.54) is 12.1 Å². The van der Waals surface area contributed by atoms with Crippen molar-refractivity contribution < 1.29 is 26.3 Å². The van der Waals surface area contributed by atoms with Crippen molar-refractivity contribution in [1.82, 2.24) is 4.90 Å². The van der Waals surface area contributed by atoms with E-state index in [2.05, 4.69) is 21.3 Å². The number of alkyl halides is 3. The maximum absolute atomic E-state index is 12.5. The van der Waals surface area contributed by atoms with Crippen molar-refractivity contribution in [2.75, 3.05) is 24.4 Å². The molecule has 1 aliphatic rings. The molecule has 1 atom stereocenters. The number of nitrogens with one attached hydrogen (secondary N) is 1. The van der Waals surface area contributed by atoms with Gasteiger partial charge in [-0.15, -0.1) is 13.2 Å². The average molecular weight is 428 g/mol. The zero-order chi connectivity index (χ0) is 21.1. The Balaban J connectivity index is 1.69. The molecule has 0 aliphatic carbocycles. The first kappa shape index (κ1) is 21.4. The monoisotopic (exact) mass is 428 g/mol. The molecule has 0 spiro atoms. The quantitative estimate of drug-likeness (QED) is 0.701. The van der Waals surface area contributed by atoms with Crippen LogP contribution in [0.4, 0.5) is 18.9 Å². The molecule has 0 bridgehead atoms. The molecule has 0 aromatic heterocycles. The fourth-order valence-corrected chi connectivity index (χ4v) is 4.59. The zero-order valence-corrected chi connectivity index (χ0v) is 16.8. The fraction of sp³-hybridized carbons (Fsp3) is 0.400. The highest BCUT2D eigenvalue weighted by atomic mass is 32.2. The van der Waals surface area contributed by atoms with E-state index in [0.717, 1.165) is 50.2 Å². The number of ether oxygens (including phenoxy) is 1. The number of likely N-dealkylation sites (tertiary alicyclic amines) is 1. The molecule has 1 aliphatic heterocycles. The molecular formula is C20H23F3N2O3S. The number of halogens is 3. The molecule has 3 rings (SSSR count). The van der Waals surface area contributed by atoms with Gasteiger partial charge in [-0.25, -0.2) is 8.42 Å². The lowest BCUT2D eigenvalue weighted by molar-refractivity contribution is -0.274. The minimum absolute atomic E-state index is 0.311. The number of benzene rings is 2. The van der Waals surface area contributed by atoms with Crippen molar-refractivity contribution in [3.63, 3.8) is 0 Å². The molecular weight excluding hydrogens is 405 g/mol. The van der Waals surface area contributed by atoms with Crippen LogP contribution in [-0.4, -0.2) is 39.3 Å². The van der Waals surface area contributed by atoms with Crippen LogP contribution < -0.4 is 9.46 Å². The van der Waals surface area contributed by atoms with Gasteiger partial charge in [0.25, 0.3) is 10.0 Å². The van der Waals surface area contributed by atoms with Crippen LogP contribution in [-0.2, 0) is 10.0 Å². The summed E-state index contributed by atoms with van der Waals surface area (Å²) in [6.07, 6.45) is -2.71. The molecule has 2 aromatic rings. The Hall–Kier alpha value is -2.26. The van der Waals surface area contributed by atoms with Crippen molar-refractivity contribution in [3.05, 3.63) is 54.1 Å². The van der Waals surface area contributed by atoms with E-state index in [1.54, 1.807) is 12.1 Å². The molecule has 1 N–H and O–H groups in total. The smallest absolute Gasteiger partial charge is 0.406 e. The van der Waals surface area contributed by atoms with Crippen molar-refractivity contribution >= 4 is 15.7 Å². The summed E-state index contributed by atoms with van der Waals surface area (Å²) in [5.41, 5.74) is 1.49. The molecule has 0 saturated carbocycles. The standard InChI is InChI=1S/C20H23F3N2O3S/c1-2-11-25-12-10-16(14-25)15-6-8-17(9-7-15)24-29(26,27)19-5-3-4-18(13-19)28-20(21,22)23/h3-9,13,16,24H,2,10-12,14H2,1H3. The Kier molecular flexibility index (Phi) is 6.38. The largest absolute Gasteiger partial charge is 0.573 e. The zero-order valence-electron chi connectivity index (χ0n) is 15.9. The number of anilines is 1. The van der Waals surface area contributed by atoms with E-state index in [0.29, 0.717) is 11.6 Å². The van der Waals surface area contributed by atoms with Crippen LogP contribution in [0.2, 0.25) is 0 Å². The van der Waals surface area contributed by atoms with Crippen LogP contribution in [0.3, 0.4) is 0 Å². The highest BCUT2D eigenvalue weighted by Gasteiger charge is 2.31. The van der Waals surface area contributed by atoms with E-state index < -0.39 is 22.1 Å². The van der Waals surface area contributed by atoms with Crippen LogP contribution >= 0.6 is 0 Å². The van der Waals surface area contributed by atoms with Crippen molar-refractivity contribution in [1.29, 1.82) is 0 Å². The normalized spacial score (nSPS) is 18.0. The van der Waals surface area contributed by atoms with Gasteiger partial charge in [-0.3, -0.25) is 4.72 Å². The molecule has 1 unspecified atom stereocenters. The van der Waals surface area contributed by atoms with Gasteiger partial charge in [0.15, 0.2) is 0 Å². The third kappa shape index (κ3) is 5.86. The van der Waals surface area contributed by atoms with Gasteiger partial charge >= 0.3 is 6.36 Å². The number of sulfonamides is 1. The summed E-state index contributed by atoms with van der Waals surface area (Å²) < 4.78 is 68.3. The van der Waals surface area contributed by atoms with Crippen molar-refractivity contribution in [3.8, 4) is 5.75 Å². The first-order valence-corrected chi connectivity index (χ1v) is 10.9. The Morgan fingerprint density at radius 2 is 1.90 bits per heavy atom. The highest BCUT2D eigenvalue weighted by Crippen LogP contribution is 2.29. The maximum Gasteiger partial charge on any atom is 0.573 e. The first-order chi connectivity index (χ1) is 13.7. The SMILES string of the molecule is CCCN1CCC(c2ccc(NS(=O)(=O)c3cccc(OC(F)(F)F)c3)cc2)C1. The van der Waals surface area contributed by atoms with Gasteiger partial charge in [-0.2, -0.15) is 0 Å². The lowest BCUT2D eigenvalue weighted by Crippen LogP contribution is -2.20. The summed E-state index contributed by atoms with van der Waals surface area (Å²) in [4.78, 5) is 2.10. The minimum Gasteiger partial charge on any atom is -0.406 e. The van der Waals surface area contributed by atoms with E-state index in [9.17, 15) is 21.6 Å². The Labute approximate surface area is 168 Å². The summed E-state index contributed by atoms with van der Waals surface area (Å²) in [6, 6.07) is 11.4. The van der Waals surface area contributed by atoms with Crippen LogP contribution in [0.1, 0.15) is 31.2 Å². The van der Waals surface area contributed by atoms with Crippen LogP contribution in [0.25, 0.3) is 0 Å². The summed E-state index contributed by atoms with van der Waals surface area (Å²) in [7, 11) is -4.04. The predicted octanol–water partition coefficient (Wildman–Crippen LogP) is 4.59. The number of hydrogen-bond donors (Lipinski definition) is 1. The molecule has 2 aromatic carbocycles. The van der Waals surface area contributed by atoms with Crippen molar-refractivity contribution in [2.45, 2.75) is 36.9 Å². The van der Waals surface area contributed by atoms with Gasteiger partial charge in [-0.1, -0.05) is 25.1 Å². The van der Waals surface area contributed by atoms with Gasteiger partial charge in [0.1, 0.15) is 5.75 Å². The summed E-state index contributed by atoms with van der Waals surface area (Å²) in [6.45, 7) is 5.28. The molecule has 1 saturated heterocycles. The highest BCUT2D eigenvalue weighted by molar-refractivity contribution is 7.92. The lowest BCUT2D eigenvalue weighted by Gasteiger charge is -2.15. The Morgan fingerprint density at radius 1 is 1.17 bits per heavy atom. The predicted molar refractivity (Wildman–Crippen MR) is 104 cm³/mol. The summed E-state index contributed by atoms with van der Waals surface area (Å²) >= 11 is 0. The second-order valence-electron chi connectivity index (χ2n) is 7.04.